The molecular formula is C19H18FN3O3. The lowest BCUT2D eigenvalue weighted by Crippen LogP contribution is -2.39. The van der Waals surface area contributed by atoms with E-state index < -0.39 is 0 Å². The molecular weight excluding hydrogens is 337 g/mol. The van der Waals surface area contributed by atoms with Gasteiger partial charge in [-0.2, -0.15) is 4.98 Å². The number of piperidine rings is 1. The lowest BCUT2D eigenvalue weighted by Gasteiger charge is -2.31. The lowest BCUT2D eigenvalue weighted by molar-refractivity contribution is 0.0695. The highest BCUT2D eigenvalue weighted by atomic mass is 19.1. The third-order valence-electron chi connectivity index (χ3n) is 4.55. The summed E-state index contributed by atoms with van der Waals surface area (Å²) >= 11 is 0. The predicted octanol–water partition coefficient (Wildman–Crippen LogP) is 3.80. The average molecular weight is 355 g/mol. The molecule has 6 nitrogen and oxygen atoms in total. The molecule has 0 bridgehead atoms. The first-order valence-electron chi connectivity index (χ1n) is 8.55. The first-order valence-corrected chi connectivity index (χ1v) is 8.55. The van der Waals surface area contributed by atoms with E-state index in [2.05, 4.69) is 10.1 Å². The summed E-state index contributed by atoms with van der Waals surface area (Å²) in [5.74, 6) is 1.76. The van der Waals surface area contributed by atoms with Crippen LogP contribution in [0.2, 0.25) is 0 Å². The largest absolute Gasteiger partial charge is 0.458 e. The second-order valence-corrected chi connectivity index (χ2v) is 6.46. The molecule has 0 spiro atoms. The minimum Gasteiger partial charge on any atom is -0.458 e. The van der Waals surface area contributed by atoms with Gasteiger partial charge in [0.1, 0.15) is 11.6 Å². The van der Waals surface area contributed by atoms with E-state index in [0.717, 1.165) is 18.6 Å². The second kappa shape index (κ2) is 6.74. The number of likely N-dealkylation sites (tertiary alicyclic amines) is 1. The summed E-state index contributed by atoms with van der Waals surface area (Å²) in [5, 5.41) is 3.99. The lowest BCUT2D eigenvalue weighted by atomic mass is 9.97. The van der Waals surface area contributed by atoms with Gasteiger partial charge in [0.25, 0.3) is 5.91 Å². The van der Waals surface area contributed by atoms with Gasteiger partial charge in [0.2, 0.25) is 11.7 Å². The molecule has 0 radical (unpaired) electrons. The van der Waals surface area contributed by atoms with Gasteiger partial charge in [0.15, 0.2) is 5.76 Å². The van der Waals surface area contributed by atoms with Crippen molar-refractivity contribution in [3.05, 3.63) is 59.4 Å². The van der Waals surface area contributed by atoms with Gasteiger partial charge in [-0.05, 0) is 56.2 Å². The number of hydrogen-bond acceptors (Lipinski definition) is 5. The maximum absolute atomic E-state index is 13.1. The fraction of sp³-hybridized carbons (Fsp3) is 0.316. The monoisotopic (exact) mass is 355 g/mol. The number of aromatic nitrogens is 2. The van der Waals surface area contributed by atoms with Crippen LogP contribution in [0.4, 0.5) is 4.39 Å². The molecule has 3 heterocycles. The summed E-state index contributed by atoms with van der Waals surface area (Å²) in [6.07, 6.45) is 1.71. The van der Waals surface area contributed by atoms with Crippen LogP contribution in [-0.4, -0.2) is 34.0 Å². The molecule has 1 atom stereocenters. The Morgan fingerprint density at radius 3 is 2.77 bits per heavy atom. The Balaban J connectivity index is 1.49. The van der Waals surface area contributed by atoms with Crippen molar-refractivity contribution in [1.29, 1.82) is 0 Å². The summed E-state index contributed by atoms with van der Waals surface area (Å²) in [6.45, 7) is 3.00. The SMILES string of the molecule is Cc1ccc(-c2noc([C@H]3CCCN(C(=O)c4ccc(F)cc4)C3)n2)o1. The number of benzene rings is 1. The Morgan fingerprint density at radius 2 is 2.04 bits per heavy atom. The number of aryl methyl sites for hydroxylation is 1. The Labute approximate surface area is 149 Å². The Morgan fingerprint density at radius 1 is 1.23 bits per heavy atom. The van der Waals surface area contributed by atoms with Crippen LogP contribution in [0.15, 0.2) is 45.3 Å². The molecule has 1 fully saturated rings. The number of carbonyl (C=O) groups excluding carboxylic acids is 1. The van der Waals surface area contributed by atoms with Crippen LogP contribution in [0, 0.1) is 12.7 Å². The average Bonchev–Trinajstić information content (AvgIpc) is 3.31. The van der Waals surface area contributed by atoms with Gasteiger partial charge in [0.05, 0.1) is 5.92 Å². The number of rotatable bonds is 3. The highest BCUT2D eigenvalue weighted by Crippen LogP contribution is 2.28. The molecule has 1 amide bonds. The molecule has 2 aromatic heterocycles. The van der Waals surface area contributed by atoms with Crippen LogP contribution in [0.1, 0.15) is 40.8 Å². The molecule has 0 N–H and O–H groups in total. The van der Waals surface area contributed by atoms with Crippen molar-refractivity contribution in [3.63, 3.8) is 0 Å². The Bertz CT molecular complexity index is 916. The molecule has 0 unspecified atom stereocenters. The third-order valence-corrected chi connectivity index (χ3v) is 4.55. The van der Waals surface area contributed by atoms with Crippen molar-refractivity contribution in [2.45, 2.75) is 25.7 Å². The zero-order valence-corrected chi connectivity index (χ0v) is 14.3. The maximum Gasteiger partial charge on any atom is 0.253 e. The van der Waals surface area contributed by atoms with E-state index in [1.54, 1.807) is 11.0 Å². The Hall–Kier alpha value is -2.96. The topological polar surface area (TPSA) is 72.4 Å². The smallest absolute Gasteiger partial charge is 0.253 e. The summed E-state index contributed by atoms with van der Waals surface area (Å²) in [5.41, 5.74) is 0.476. The van der Waals surface area contributed by atoms with Crippen molar-refractivity contribution in [3.8, 4) is 11.6 Å². The van der Waals surface area contributed by atoms with E-state index in [4.69, 9.17) is 8.94 Å². The number of nitrogens with zero attached hydrogens (tertiary/aromatic N) is 3. The second-order valence-electron chi connectivity index (χ2n) is 6.46. The number of hydrogen-bond donors (Lipinski definition) is 0. The van der Waals surface area contributed by atoms with Crippen molar-refractivity contribution in [1.82, 2.24) is 15.0 Å². The van der Waals surface area contributed by atoms with Crippen LogP contribution in [-0.2, 0) is 0 Å². The van der Waals surface area contributed by atoms with Crippen LogP contribution in [0.5, 0.6) is 0 Å². The summed E-state index contributed by atoms with van der Waals surface area (Å²) in [6, 6.07) is 9.25. The number of furan rings is 1. The molecule has 1 aromatic carbocycles. The van der Waals surface area contributed by atoms with Gasteiger partial charge in [-0.1, -0.05) is 5.16 Å². The predicted molar refractivity (Wildman–Crippen MR) is 91.0 cm³/mol. The van der Waals surface area contributed by atoms with Gasteiger partial charge in [-0.15, -0.1) is 0 Å². The number of amides is 1. The van der Waals surface area contributed by atoms with E-state index in [9.17, 15) is 9.18 Å². The van der Waals surface area contributed by atoms with Crippen molar-refractivity contribution >= 4 is 5.91 Å². The van der Waals surface area contributed by atoms with Crippen LogP contribution in [0.3, 0.4) is 0 Å². The maximum atomic E-state index is 13.1. The summed E-state index contributed by atoms with van der Waals surface area (Å²) < 4.78 is 24.0. The molecule has 0 aliphatic carbocycles. The van der Waals surface area contributed by atoms with E-state index in [1.807, 2.05) is 13.0 Å². The molecule has 134 valence electrons. The minimum atomic E-state index is -0.357. The van der Waals surface area contributed by atoms with Gasteiger partial charge < -0.3 is 13.8 Å². The fourth-order valence-corrected chi connectivity index (χ4v) is 3.19. The number of carbonyl (C=O) groups is 1. The molecule has 1 aliphatic rings. The Kier molecular flexibility index (Phi) is 4.28. The van der Waals surface area contributed by atoms with Gasteiger partial charge >= 0.3 is 0 Å². The zero-order chi connectivity index (χ0) is 18.1. The van der Waals surface area contributed by atoms with Crippen LogP contribution < -0.4 is 0 Å². The molecule has 4 rings (SSSR count). The molecule has 0 saturated carbocycles. The third kappa shape index (κ3) is 3.24. The highest BCUT2D eigenvalue weighted by Gasteiger charge is 2.29. The van der Waals surface area contributed by atoms with E-state index in [1.165, 1.54) is 24.3 Å². The summed E-state index contributed by atoms with van der Waals surface area (Å²) in [4.78, 5) is 18.8. The normalized spacial score (nSPS) is 17.5. The van der Waals surface area contributed by atoms with Crippen LogP contribution in [0.25, 0.3) is 11.6 Å². The molecule has 7 heteroatoms. The first kappa shape index (κ1) is 16.5. The molecule has 1 saturated heterocycles. The van der Waals surface area contributed by atoms with Gasteiger partial charge in [-0.25, -0.2) is 4.39 Å². The molecule has 26 heavy (non-hydrogen) atoms. The van der Waals surface area contributed by atoms with Crippen molar-refractivity contribution in [2.24, 2.45) is 0 Å². The fourth-order valence-electron chi connectivity index (χ4n) is 3.19. The standard InChI is InChI=1S/C19H18FN3O3/c1-12-4-9-16(25-12)17-21-18(26-22-17)14-3-2-10-23(11-14)19(24)13-5-7-15(20)8-6-13/h4-9,14H,2-3,10-11H2,1H3/t14-/m0/s1. The van der Waals surface area contributed by atoms with Gasteiger partial charge in [0, 0.05) is 18.7 Å². The van der Waals surface area contributed by atoms with E-state index in [0.29, 0.717) is 36.1 Å². The zero-order valence-electron chi connectivity index (χ0n) is 14.3. The minimum absolute atomic E-state index is 0.0227. The quantitative estimate of drug-likeness (QED) is 0.715. The van der Waals surface area contributed by atoms with Crippen molar-refractivity contribution in [2.75, 3.05) is 13.1 Å². The van der Waals surface area contributed by atoms with Crippen molar-refractivity contribution < 1.29 is 18.1 Å². The first-order chi connectivity index (χ1) is 12.6. The number of halogens is 1. The van der Waals surface area contributed by atoms with E-state index >= 15 is 0 Å². The van der Waals surface area contributed by atoms with E-state index in [-0.39, 0.29) is 17.6 Å². The highest BCUT2D eigenvalue weighted by molar-refractivity contribution is 5.94. The van der Waals surface area contributed by atoms with Crippen LogP contribution >= 0.6 is 0 Å². The van der Waals surface area contributed by atoms with Gasteiger partial charge in [-0.3, -0.25) is 4.79 Å². The molecule has 3 aromatic rings. The summed E-state index contributed by atoms with van der Waals surface area (Å²) in [7, 11) is 0. The molecule has 1 aliphatic heterocycles.